The minimum Gasteiger partial charge on any atom is -0.368 e. The molecule has 0 aromatic rings. The lowest BCUT2D eigenvalue weighted by atomic mass is 10.3. The van der Waals surface area contributed by atoms with E-state index in [2.05, 4.69) is 10.2 Å². The van der Waals surface area contributed by atoms with E-state index in [9.17, 15) is 9.90 Å². The highest BCUT2D eigenvalue weighted by Gasteiger charge is 2.26. The molecule has 3 N–H and O–H groups in total. The van der Waals surface area contributed by atoms with Crippen molar-refractivity contribution in [3.8, 4) is 0 Å². The van der Waals surface area contributed by atoms with Crippen molar-refractivity contribution in [1.82, 2.24) is 4.90 Å². The highest BCUT2D eigenvalue weighted by atomic mass is 16.3. The van der Waals surface area contributed by atoms with E-state index >= 15 is 0 Å². The number of amidine groups is 1. The van der Waals surface area contributed by atoms with Crippen LogP contribution < -0.4 is 5.73 Å². The fourth-order valence-corrected chi connectivity index (χ4v) is 0.785. The van der Waals surface area contributed by atoms with Crippen molar-refractivity contribution in [2.75, 3.05) is 7.05 Å². The molecule has 0 saturated carbocycles. The molecule has 0 saturated heterocycles. The van der Waals surface area contributed by atoms with Crippen LogP contribution in [0.1, 0.15) is 20.8 Å². The Balaban J connectivity index is 0.000000791. The summed E-state index contributed by atoms with van der Waals surface area (Å²) in [5.74, 6) is -0.224. The van der Waals surface area contributed by atoms with Gasteiger partial charge < -0.3 is 15.7 Å². The molecular weight excluding hydrogens is 184 g/mol. The van der Waals surface area contributed by atoms with Crippen LogP contribution in [0.3, 0.4) is 0 Å². The highest BCUT2D eigenvalue weighted by Crippen LogP contribution is 2.04. The molecule has 1 rings (SSSR count). The molecule has 6 heteroatoms. The van der Waals surface area contributed by atoms with Crippen LogP contribution in [-0.4, -0.2) is 40.7 Å². The van der Waals surface area contributed by atoms with Crippen LogP contribution in [0, 0.1) is 0 Å². The molecule has 1 heterocycles. The van der Waals surface area contributed by atoms with Gasteiger partial charge in [-0.1, -0.05) is 13.8 Å². The zero-order chi connectivity index (χ0) is 11.3. The van der Waals surface area contributed by atoms with Crippen molar-refractivity contribution in [2.24, 2.45) is 15.9 Å². The van der Waals surface area contributed by atoms with E-state index in [1.807, 2.05) is 13.8 Å². The average molecular weight is 200 g/mol. The quantitative estimate of drug-likeness (QED) is 0.599. The van der Waals surface area contributed by atoms with Crippen molar-refractivity contribution < 1.29 is 9.90 Å². The minimum atomic E-state index is -1.08. The van der Waals surface area contributed by atoms with E-state index in [0.29, 0.717) is 5.84 Å². The Morgan fingerprint density at radius 2 is 2.00 bits per heavy atom. The van der Waals surface area contributed by atoms with Crippen LogP contribution in [0.15, 0.2) is 10.2 Å². The number of primary amides is 1. The Morgan fingerprint density at radius 3 is 2.43 bits per heavy atom. The van der Waals surface area contributed by atoms with Crippen LogP contribution in [0.4, 0.5) is 0 Å². The number of hydrogen-bond acceptors (Lipinski definition) is 5. The van der Waals surface area contributed by atoms with Crippen LogP contribution >= 0.6 is 0 Å². The van der Waals surface area contributed by atoms with E-state index in [1.165, 1.54) is 4.90 Å². The van der Waals surface area contributed by atoms with E-state index in [1.54, 1.807) is 14.0 Å². The van der Waals surface area contributed by atoms with Crippen LogP contribution in [-0.2, 0) is 4.79 Å². The first-order chi connectivity index (χ1) is 6.54. The molecule has 1 unspecified atom stereocenters. The Labute approximate surface area is 83.1 Å². The molecule has 0 aromatic heterocycles. The van der Waals surface area contributed by atoms with Gasteiger partial charge in [-0.05, 0) is 6.92 Å². The van der Waals surface area contributed by atoms with Crippen molar-refractivity contribution in [1.29, 1.82) is 0 Å². The molecule has 0 fully saturated rings. The fourth-order valence-electron chi connectivity index (χ4n) is 0.785. The van der Waals surface area contributed by atoms with Gasteiger partial charge in [0.2, 0.25) is 0 Å². The number of nitrogens with two attached hydrogens (primary N) is 1. The number of amides is 1. The lowest BCUT2D eigenvalue weighted by Gasteiger charge is -2.26. The molecule has 0 bridgehead atoms. The zero-order valence-corrected chi connectivity index (χ0v) is 8.85. The zero-order valence-electron chi connectivity index (χ0n) is 8.85. The summed E-state index contributed by atoms with van der Waals surface area (Å²) < 4.78 is 0. The molecule has 0 aromatic carbocycles. The highest BCUT2D eigenvalue weighted by molar-refractivity contribution is 6.40. The molecule has 0 radical (unpaired) electrons. The largest absolute Gasteiger partial charge is 0.368 e. The molecule has 1 aliphatic heterocycles. The number of hydrogen-bond donors (Lipinski definition) is 2. The summed E-state index contributed by atoms with van der Waals surface area (Å²) in [4.78, 5) is 12.1. The van der Waals surface area contributed by atoms with E-state index < -0.39 is 12.1 Å². The number of carbonyl (C=O) groups excluding carboxylic acids is 1. The molecule has 1 atom stereocenters. The van der Waals surface area contributed by atoms with Gasteiger partial charge in [-0.15, -0.1) is 10.2 Å². The summed E-state index contributed by atoms with van der Waals surface area (Å²) >= 11 is 0. The standard InChI is InChI=1S/C6H10N4O2.C2H6/c1-3-8-9-4(5(7)11)6(12)10(3)2;1-2/h6,12H,1-2H3,(H2,7,11);1-2H3. The van der Waals surface area contributed by atoms with Crippen molar-refractivity contribution in [3.05, 3.63) is 0 Å². The topological polar surface area (TPSA) is 91.3 Å². The minimum absolute atomic E-state index is 0.136. The maximum atomic E-state index is 10.7. The Kier molecular flexibility index (Phi) is 4.79. The predicted molar refractivity (Wildman–Crippen MR) is 54.9 cm³/mol. The number of nitrogens with zero attached hydrogens (tertiary/aromatic N) is 3. The fraction of sp³-hybridized carbons (Fsp3) is 0.625. The van der Waals surface area contributed by atoms with Gasteiger partial charge in [0.15, 0.2) is 11.9 Å². The monoisotopic (exact) mass is 200 g/mol. The van der Waals surface area contributed by atoms with Crippen LogP contribution in [0.2, 0.25) is 0 Å². The van der Waals surface area contributed by atoms with Gasteiger partial charge >= 0.3 is 0 Å². The number of rotatable bonds is 1. The lowest BCUT2D eigenvalue weighted by molar-refractivity contribution is -0.112. The first-order valence-electron chi connectivity index (χ1n) is 4.37. The smallest absolute Gasteiger partial charge is 0.269 e. The average Bonchev–Trinajstić information content (AvgIpc) is 2.17. The molecule has 14 heavy (non-hydrogen) atoms. The summed E-state index contributed by atoms with van der Waals surface area (Å²) in [6.45, 7) is 5.67. The van der Waals surface area contributed by atoms with Gasteiger partial charge in [-0.2, -0.15) is 0 Å². The van der Waals surface area contributed by atoms with Crippen molar-refractivity contribution in [2.45, 2.75) is 27.0 Å². The molecular formula is C8H16N4O2. The van der Waals surface area contributed by atoms with Crippen LogP contribution in [0.5, 0.6) is 0 Å². The lowest BCUT2D eigenvalue weighted by Crippen LogP contribution is -2.48. The summed E-state index contributed by atoms with van der Waals surface area (Å²) in [6.07, 6.45) is -1.08. The van der Waals surface area contributed by atoms with Gasteiger partial charge in [0.1, 0.15) is 5.84 Å². The molecule has 1 amide bonds. The number of aliphatic hydroxyl groups excluding tert-OH is 1. The van der Waals surface area contributed by atoms with Crippen molar-refractivity contribution >= 4 is 17.5 Å². The number of aliphatic hydroxyl groups is 1. The molecule has 80 valence electrons. The van der Waals surface area contributed by atoms with E-state index in [4.69, 9.17) is 5.73 Å². The number of carbonyl (C=O) groups is 1. The van der Waals surface area contributed by atoms with Gasteiger partial charge in [-0.3, -0.25) is 4.79 Å². The second-order valence-corrected chi connectivity index (χ2v) is 2.48. The summed E-state index contributed by atoms with van der Waals surface area (Å²) in [5.41, 5.74) is 4.80. The third-order valence-corrected chi connectivity index (χ3v) is 1.68. The first kappa shape index (κ1) is 12.6. The normalized spacial score (nSPS) is 20.4. The summed E-state index contributed by atoms with van der Waals surface area (Å²) in [6, 6.07) is 0. The van der Waals surface area contributed by atoms with E-state index in [-0.39, 0.29) is 5.71 Å². The first-order valence-corrected chi connectivity index (χ1v) is 4.37. The Hall–Kier alpha value is -1.43. The molecule has 6 nitrogen and oxygen atoms in total. The molecule has 0 spiro atoms. The molecule has 0 aliphatic carbocycles. The Bertz CT molecular complexity index is 273. The maximum absolute atomic E-state index is 10.7. The molecule has 1 aliphatic rings. The van der Waals surface area contributed by atoms with Crippen molar-refractivity contribution in [3.63, 3.8) is 0 Å². The summed E-state index contributed by atoms with van der Waals surface area (Å²) in [7, 11) is 1.60. The Morgan fingerprint density at radius 1 is 1.50 bits per heavy atom. The van der Waals surface area contributed by atoms with Crippen LogP contribution in [0.25, 0.3) is 0 Å². The van der Waals surface area contributed by atoms with Gasteiger partial charge in [-0.25, -0.2) is 0 Å². The van der Waals surface area contributed by atoms with Gasteiger partial charge in [0.25, 0.3) is 5.91 Å². The van der Waals surface area contributed by atoms with Gasteiger partial charge in [0.05, 0.1) is 0 Å². The third kappa shape index (κ3) is 2.53. The van der Waals surface area contributed by atoms with E-state index in [0.717, 1.165) is 0 Å². The SMILES string of the molecule is CC.CC1=NN=C(C(N)=O)C(O)N1C. The second-order valence-electron chi connectivity index (χ2n) is 2.48. The second kappa shape index (κ2) is 5.33. The third-order valence-electron chi connectivity index (χ3n) is 1.68. The van der Waals surface area contributed by atoms with Gasteiger partial charge in [0, 0.05) is 7.05 Å². The predicted octanol–water partition coefficient (Wildman–Crippen LogP) is -0.464. The summed E-state index contributed by atoms with van der Waals surface area (Å²) in [5, 5.41) is 16.5. The maximum Gasteiger partial charge on any atom is 0.269 e.